The van der Waals surface area contributed by atoms with Gasteiger partial charge in [-0.3, -0.25) is 0 Å². The topological polar surface area (TPSA) is 78.4 Å². The maximum absolute atomic E-state index is 11.5. The highest BCUT2D eigenvalue weighted by Crippen LogP contribution is 2.20. The lowest BCUT2D eigenvalue weighted by Gasteiger charge is -2.31. The van der Waals surface area contributed by atoms with Gasteiger partial charge in [0.05, 0.1) is 0 Å². The van der Waals surface area contributed by atoms with Crippen LogP contribution in [0.15, 0.2) is 0 Å². The third-order valence-corrected chi connectivity index (χ3v) is 2.83. The molecule has 1 aliphatic rings. The minimum absolute atomic E-state index is 0.217. The smallest absolute Gasteiger partial charge is 0.326 e. The van der Waals surface area contributed by atoms with E-state index in [0.717, 1.165) is 19.3 Å². The number of carbonyl (C=O) groups is 2. The Morgan fingerprint density at radius 1 is 1.31 bits per heavy atom. The average Bonchev–Trinajstić information content (AvgIpc) is 2.05. The van der Waals surface area contributed by atoms with Crippen molar-refractivity contribution in [1.29, 1.82) is 0 Å². The van der Waals surface area contributed by atoms with Crippen LogP contribution in [0, 0.1) is 5.41 Å². The van der Waals surface area contributed by atoms with Crippen LogP contribution in [-0.2, 0) is 4.79 Å². The van der Waals surface area contributed by atoms with E-state index in [4.69, 9.17) is 5.11 Å². The number of carboxylic acids is 1. The van der Waals surface area contributed by atoms with Crippen LogP contribution in [0.5, 0.6) is 0 Å². The zero-order valence-corrected chi connectivity index (χ0v) is 10.0. The van der Waals surface area contributed by atoms with Crippen LogP contribution >= 0.6 is 0 Å². The lowest BCUT2D eigenvalue weighted by atomic mass is 9.87. The SMILES string of the molecule is CC(C)(C)[C@@H](NC(=O)NC1CCC1)C(=O)O. The molecule has 0 aromatic heterocycles. The Hall–Kier alpha value is -1.26. The number of hydrogen-bond donors (Lipinski definition) is 3. The lowest BCUT2D eigenvalue weighted by molar-refractivity contribution is -0.141. The molecule has 92 valence electrons. The summed E-state index contributed by atoms with van der Waals surface area (Å²) in [6, 6.07) is -1.03. The predicted octanol–water partition coefficient (Wildman–Crippen LogP) is 1.34. The van der Waals surface area contributed by atoms with Crippen LogP contribution in [0.1, 0.15) is 40.0 Å². The van der Waals surface area contributed by atoms with E-state index in [2.05, 4.69) is 10.6 Å². The zero-order valence-electron chi connectivity index (χ0n) is 10.0. The van der Waals surface area contributed by atoms with Gasteiger partial charge in [-0.25, -0.2) is 9.59 Å². The molecule has 5 nitrogen and oxygen atoms in total. The molecule has 0 saturated heterocycles. The maximum atomic E-state index is 11.5. The zero-order chi connectivity index (χ0) is 12.3. The molecular formula is C11H20N2O3. The largest absolute Gasteiger partial charge is 0.480 e. The number of urea groups is 1. The molecule has 0 aromatic rings. The van der Waals surface area contributed by atoms with Gasteiger partial charge >= 0.3 is 12.0 Å². The number of nitrogens with one attached hydrogen (secondary N) is 2. The molecule has 0 aliphatic heterocycles. The van der Waals surface area contributed by atoms with Crippen molar-refractivity contribution in [2.45, 2.75) is 52.1 Å². The minimum atomic E-state index is -1.00. The summed E-state index contributed by atoms with van der Waals surface area (Å²) in [5.41, 5.74) is -0.497. The van der Waals surface area contributed by atoms with Gasteiger partial charge < -0.3 is 15.7 Å². The van der Waals surface area contributed by atoms with Crippen molar-refractivity contribution in [1.82, 2.24) is 10.6 Å². The second-order valence-corrected chi connectivity index (χ2v) is 5.38. The third kappa shape index (κ3) is 3.40. The van der Waals surface area contributed by atoms with E-state index >= 15 is 0 Å². The van der Waals surface area contributed by atoms with Gasteiger partial charge in [-0.05, 0) is 24.7 Å². The summed E-state index contributed by atoms with van der Waals surface area (Å²) in [4.78, 5) is 22.5. The first-order valence-corrected chi connectivity index (χ1v) is 5.60. The Kier molecular flexibility index (Phi) is 3.78. The first-order valence-electron chi connectivity index (χ1n) is 5.60. The van der Waals surface area contributed by atoms with Crippen molar-refractivity contribution in [2.75, 3.05) is 0 Å². The van der Waals surface area contributed by atoms with Gasteiger partial charge in [0.1, 0.15) is 6.04 Å². The molecule has 16 heavy (non-hydrogen) atoms. The monoisotopic (exact) mass is 228 g/mol. The van der Waals surface area contributed by atoms with Gasteiger partial charge in [0.2, 0.25) is 0 Å². The van der Waals surface area contributed by atoms with E-state index in [1.165, 1.54) is 0 Å². The molecule has 2 amide bonds. The van der Waals surface area contributed by atoms with Gasteiger partial charge in [0.25, 0.3) is 0 Å². The number of carbonyl (C=O) groups excluding carboxylic acids is 1. The van der Waals surface area contributed by atoms with Crippen LogP contribution in [0.4, 0.5) is 4.79 Å². The Morgan fingerprint density at radius 2 is 1.88 bits per heavy atom. The molecule has 1 aliphatic carbocycles. The number of aliphatic carboxylic acids is 1. The van der Waals surface area contributed by atoms with E-state index in [1.54, 1.807) is 20.8 Å². The Morgan fingerprint density at radius 3 is 2.19 bits per heavy atom. The number of amides is 2. The summed E-state index contributed by atoms with van der Waals surface area (Å²) >= 11 is 0. The standard InChI is InChI=1S/C11H20N2O3/c1-11(2,3)8(9(14)15)13-10(16)12-7-5-4-6-7/h7-8H,4-6H2,1-3H3,(H,14,15)(H2,12,13,16)/t8-/m0/s1. The number of hydrogen-bond acceptors (Lipinski definition) is 2. The van der Waals surface area contributed by atoms with Crippen molar-refractivity contribution in [2.24, 2.45) is 5.41 Å². The first kappa shape index (κ1) is 12.8. The molecule has 0 aromatic carbocycles. The van der Waals surface area contributed by atoms with Crippen LogP contribution < -0.4 is 10.6 Å². The number of carboxylic acid groups (broad SMARTS) is 1. The van der Waals surface area contributed by atoms with Crippen LogP contribution in [0.25, 0.3) is 0 Å². The summed E-state index contributed by atoms with van der Waals surface area (Å²) in [7, 11) is 0. The van der Waals surface area contributed by atoms with Gasteiger partial charge in [0.15, 0.2) is 0 Å². The fraction of sp³-hybridized carbons (Fsp3) is 0.818. The summed E-state index contributed by atoms with van der Waals surface area (Å²) in [6.45, 7) is 5.36. The third-order valence-electron chi connectivity index (χ3n) is 2.83. The highest BCUT2D eigenvalue weighted by Gasteiger charge is 2.33. The second-order valence-electron chi connectivity index (χ2n) is 5.38. The maximum Gasteiger partial charge on any atom is 0.326 e. The quantitative estimate of drug-likeness (QED) is 0.682. The summed E-state index contributed by atoms with van der Waals surface area (Å²) < 4.78 is 0. The molecular weight excluding hydrogens is 208 g/mol. The number of rotatable bonds is 3. The van der Waals surface area contributed by atoms with Crippen molar-refractivity contribution in [3.63, 3.8) is 0 Å². The summed E-state index contributed by atoms with van der Waals surface area (Å²) in [5, 5.41) is 14.3. The average molecular weight is 228 g/mol. The normalized spacial score (nSPS) is 18.4. The van der Waals surface area contributed by atoms with Gasteiger partial charge in [0, 0.05) is 6.04 Å². The van der Waals surface area contributed by atoms with E-state index < -0.39 is 17.4 Å². The highest BCUT2D eigenvalue weighted by molar-refractivity contribution is 5.83. The molecule has 1 saturated carbocycles. The molecule has 0 spiro atoms. The van der Waals surface area contributed by atoms with Crippen molar-refractivity contribution in [3.05, 3.63) is 0 Å². The molecule has 1 fully saturated rings. The van der Waals surface area contributed by atoms with Gasteiger partial charge in [-0.1, -0.05) is 20.8 Å². The Balaban J connectivity index is 2.47. The Bertz CT molecular complexity index is 279. The van der Waals surface area contributed by atoms with Gasteiger partial charge in [-0.15, -0.1) is 0 Å². The van der Waals surface area contributed by atoms with E-state index in [0.29, 0.717) is 0 Å². The second kappa shape index (κ2) is 4.72. The van der Waals surface area contributed by atoms with E-state index in [-0.39, 0.29) is 12.1 Å². The molecule has 0 heterocycles. The van der Waals surface area contributed by atoms with Crippen molar-refractivity contribution >= 4 is 12.0 Å². The summed E-state index contributed by atoms with van der Waals surface area (Å²) in [6.07, 6.45) is 3.11. The van der Waals surface area contributed by atoms with Gasteiger partial charge in [-0.2, -0.15) is 0 Å². The minimum Gasteiger partial charge on any atom is -0.480 e. The predicted molar refractivity (Wildman–Crippen MR) is 60.2 cm³/mol. The molecule has 0 bridgehead atoms. The molecule has 0 radical (unpaired) electrons. The van der Waals surface area contributed by atoms with Crippen LogP contribution in [-0.4, -0.2) is 29.2 Å². The molecule has 1 atom stereocenters. The van der Waals surface area contributed by atoms with Crippen molar-refractivity contribution in [3.8, 4) is 0 Å². The van der Waals surface area contributed by atoms with E-state index in [9.17, 15) is 9.59 Å². The molecule has 3 N–H and O–H groups in total. The molecule has 1 rings (SSSR count). The fourth-order valence-corrected chi connectivity index (χ4v) is 1.56. The van der Waals surface area contributed by atoms with Crippen molar-refractivity contribution < 1.29 is 14.7 Å². The highest BCUT2D eigenvalue weighted by atomic mass is 16.4. The summed E-state index contributed by atoms with van der Waals surface area (Å²) in [5.74, 6) is -1.00. The van der Waals surface area contributed by atoms with Crippen LogP contribution in [0.2, 0.25) is 0 Å². The molecule has 0 unspecified atom stereocenters. The fourth-order valence-electron chi connectivity index (χ4n) is 1.56. The Labute approximate surface area is 95.6 Å². The molecule has 5 heteroatoms. The first-order chi connectivity index (χ1) is 7.30. The van der Waals surface area contributed by atoms with E-state index in [1.807, 2.05) is 0 Å². The van der Waals surface area contributed by atoms with Crippen LogP contribution in [0.3, 0.4) is 0 Å². The lowest BCUT2D eigenvalue weighted by Crippen LogP contribution is -2.54.